The molecule has 0 atom stereocenters. The van der Waals surface area contributed by atoms with Crippen LogP contribution in [0.3, 0.4) is 0 Å². The van der Waals surface area contributed by atoms with Gasteiger partial charge in [0.05, 0.1) is 11.3 Å². The number of aromatic carboxylic acids is 1. The van der Waals surface area contributed by atoms with Gasteiger partial charge in [-0.1, -0.05) is 0 Å². The molecule has 0 bridgehead atoms. The highest BCUT2D eigenvalue weighted by Gasteiger charge is 2.12. The Labute approximate surface area is 102 Å². The predicted octanol–water partition coefficient (Wildman–Crippen LogP) is 0.315. The second-order valence-electron chi connectivity index (χ2n) is 3.17. The number of benzene rings is 1. The molecule has 0 amide bonds. The third kappa shape index (κ3) is 1.94. The lowest BCUT2D eigenvalue weighted by Gasteiger charge is -2.04. The Morgan fingerprint density at radius 1 is 1.24 bits per heavy atom. The van der Waals surface area contributed by atoms with E-state index in [4.69, 9.17) is 5.11 Å². The lowest BCUT2D eigenvalue weighted by Crippen LogP contribution is -2.25. The van der Waals surface area contributed by atoms with Gasteiger partial charge in [-0.05, 0) is 34.1 Å². The SMILES string of the molecule is O=C(O)c1ccc(Br)c(-n2c(=O)[nH][nH]c2=O)c1. The third-order valence-electron chi connectivity index (χ3n) is 2.12. The number of nitrogens with zero attached hydrogens (tertiary/aromatic N) is 1. The number of hydrogen-bond acceptors (Lipinski definition) is 3. The fourth-order valence-corrected chi connectivity index (χ4v) is 1.77. The van der Waals surface area contributed by atoms with E-state index in [2.05, 4.69) is 26.1 Å². The molecule has 0 aliphatic heterocycles. The maximum Gasteiger partial charge on any atom is 0.349 e. The fourth-order valence-electron chi connectivity index (χ4n) is 1.35. The lowest BCUT2D eigenvalue weighted by molar-refractivity contribution is 0.0697. The summed E-state index contributed by atoms with van der Waals surface area (Å²) in [6, 6.07) is 4.05. The number of nitrogens with one attached hydrogen (secondary N) is 2. The number of carboxylic acids is 1. The molecule has 2 rings (SSSR count). The van der Waals surface area contributed by atoms with E-state index in [1.165, 1.54) is 18.2 Å². The zero-order chi connectivity index (χ0) is 12.6. The Hall–Kier alpha value is -2.09. The summed E-state index contributed by atoms with van der Waals surface area (Å²) in [5.41, 5.74) is -1.19. The highest BCUT2D eigenvalue weighted by molar-refractivity contribution is 9.10. The first-order valence-corrected chi connectivity index (χ1v) is 5.23. The molecule has 1 aromatic heterocycles. The first kappa shape index (κ1) is 11.4. The molecular weight excluding hydrogens is 294 g/mol. The first-order chi connectivity index (χ1) is 8.00. The Morgan fingerprint density at radius 2 is 1.82 bits per heavy atom. The Morgan fingerprint density at radius 3 is 2.35 bits per heavy atom. The molecule has 2 aromatic rings. The van der Waals surface area contributed by atoms with Gasteiger partial charge in [0, 0.05) is 4.47 Å². The van der Waals surface area contributed by atoms with E-state index in [-0.39, 0.29) is 11.3 Å². The van der Waals surface area contributed by atoms with Crippen LogP contribution in [0, 0.1) is 0 Å². The normalized spacial score (nSPS) is 10.4. The van der Waals surface area contributed by atoms with Crippen molar-refractivity contribution in [2.24, 2.45) is 0 Å². The van der Waals surface area contributed by atoms with Gasteiger partial charge in [0.2, 0.25) is 0 Å². The molecule has 1 heterocycles. The zero-order valence-corrected chi connectivity index (χ0v) is 9.82. The summed E-state index contributed by atoms with van der Waals surface area (Å²) in [7, 11) is 0. The van der Waals surface area contributed by atoms with Crippen molar-refractivity contribution in [2.75, 3.05) is 0 Å². The topological polar surface area (TPSA) is 108 Å². The van der Waals surface area contributed by atoms with E-state index >= 15 is 0 Å². The van der Waals surface area contributed by atoms with Crippen LogP contribution in [-0.4, -0.2) is 25.8 Å². The number of aromatic nitrogens is 3. The molecule has 7 nitrogen and oxygen atoms in total. The summed E-state index contributed by atoms with van der Waals surface area (Å²) in [6.45, 7) is 0. The average Bonchev–Trinajstić information content (AvgIpc) is 2.59. The Kier molecular flexibility index (Phi) is 2.72. The summed E-state index contributed by atoms with van der Waals surface area (Å²) in [4.78, 5) is 33.6. The van der Waals surface area contributed by atoms with Gasteiger partial charge in [-0.2, -0.15) is 0 Å². The minimum absolute atomic E-state index is 0.0179. The molecule has 0 radical (unpaired) electrons. The molecule has 0 saturated heterocycles. The van der Waals surface area contributed by atoms with Gasteiger partial charge < -0.3 is 5.11 Å². The van der Waals surface area contributed by atoms with Crippen LogP contribution in [0.2, 0.25) is 0 Å². The van der Waals surface area contributed by atoms with Crippen LogP contribution in [0.5, 0.6) is 0 Å². The smallest absolute Gasteiger partial charge is 0.349 e. The molecule has 17 heavy (non-hydrogen) atoms. The second kappa shape index (κ2) is 4.06. The van der Waals surface area contributed by atoms with Gasteiger partial charge in [-0.25, -0.2) is 29.1 Å². The molecule has 88 valence electrons. The lowest BCUT2D eigenvalue weighted by atomic mass is 10.2. The second-order valence-corrected chi connectivity index (χ2v) is 4.02. The molecule has 3 N–H and O–H groups in total. The van der Waals surface area contributed by atoms with E-state index in [0.717, 1.165) is 4.57 Å². The molecule has 8 heteroatoms. The van der Waals surface area contributed by atoms with Gasteiger partial charge in [-0.3, -0.25) is 0 Å². The standard InChI is InChI=1S/C9H6BrN3O4/c10-5-2-1-4(7(14)15)3-6(5)13-8(16)11-12-9(13)17/h1-3H,(H,11,16)(H,12,17)(H,14,15). The summed E-state index contributed by atoms with van der Waals surface area (Å²) < 4.78 is 1.24. The molecular formula is C9H6BrN3O4. The fraction of sp³-hybridized carbons (Fsp3) is 0. The summed E-state index contributed by atoms with van der Waals surface area (Å²) in [5, 5.41) is 13.1. The maximum absolute atomic E-state index is 11.4. The molecule has 0 unspecified atom stereocenters. The third-order valence-corrected chi connectivity index (χ3v) is 2.79. The molecule has 1 aromatic carbocycles. The quantitative estimate of drug-likeness (QED) is 0.742. The molecule has 0 aliphatic rings. The van der Waals surface area contributed by atoms with Crippen LogP contribution >= 0.6 is 15.9 Å². The number of carbonyl (C=O) groups is 1. The number of H-pyrrole nitrogens is 2. The monoisotopic (exact) mass is 299 g/mol. The van der Waals surface area contributed by atoms with Gasteiger partial charge in [-0.15, -0.1) is 0 Å². The van der Waals surface area contributed by atoms with Crippen molar-refractivity contribution in [3.8, 4) is 5.69 Å². The van der Waals surface area contributed by atoms with Crippen LogP contribution in [0.1, 0.15) is 10.4 Å². The number of halogens is 1. The van der Waals surface area contributed by atoms with Gasteiger partial charge >= 0.3 is 17.3 Å². The Bertz CT molecular complexity index is 669. The maximum atomic E-state index is 11.4. The minimum atomic E-state index is -1.14. The minimum Gasteiger partial charge on any atom is -0.478 e. The first-order valence-electron chi connectivity index (χ1n) is 4.43. The van der Waals surface area contributed by atoms with Crippen molar-refractivity contribution in [2.45, 2.75) is 0 Å². The molecule has 0 fully saturated rings. The van der Waals surface area contributed by atoms with Crippen molar-refractivity contribution < 1.29 is 9.90 Å². The summed E-state index contributed by atoms with van der Waals surface area (Å²) in [6.07, 6.45) is 0. The van der Waals surface area contributed by atoms with Crippen molar-refractivity contribution in [1.82, 2.24) is 14.8 Å². The number of carboxylic acid groups (broad SMARTS) is 1. The number of hydrogen-bond donors (Lipinski definition) is 3. The predicted molar refractivity (Wildman–Crippen MR) is 61.7 cm³/mol. The van der Waals surface area contributed by atoms with Gasteiger partial charge in [0.1, 0.15) is 0 Å². The van der Waals surface area contributed by atoms with Crippen molar-refractivity contribution in [3.63, 3.8) is 0 Å². The van der Waals surface area contributed by atoms with Gasteiger partial charge in [0.15, 0.2) is 0 Å². The summed E-state index contributed by atoms with van der Waals surface area (Å²) in [5.74, 6) is -1.14. The number of aromatic amines is 2. The van der Waals surface area contributed by atoms with E-state index in [1.807, 2.05) is 0 Å². The Balaban J connectivity index is 2.75. The largest absolute Gasteiger partial charge is 0.478 e. The van der Waals surface area contributed by atoms with E-state index in [9.17, 15) is 14.4 Å². The molecule has 0 aliphatic carbocycles. The van der Waals surface area contributed by atoms with Crippen molar-refractivity contribution in [3.05, 3.63) is 49.2 Å². The average molecular weight is 300 g/mol. The highest BCUT2D eigenvalue weighted by Crippen LogP contribution is 2.20. The highest BCUT2D eigenvalue weighted by atomic mass is 79.9. The van der Waals surface area contributed by atoms with Crippen molar-refractivity contribution >= 4 is 21.9 Å². The molecule has 0 saturated carbocycles. The van der Waals surface area contributed by atoms with E-state index in [1.54, 1.807) is 0 Å². The van der Waals surface area contributed by atoms with Crippen LogP contribution in [0.25, 0.3) is 5.69 Å². The van der Waals surface area contributed by atoms with Crippen LogP contribution in [0.15, 0.2) is 32.3 Å². The summed E-state index contributed by atoms with van der Waals surface area (Å²) >= 11 is 3.15. The zero-order valence-electron chi connectivity index (χ0n) is 8.23. The van der Waals surface area contributed by atoms with Gasteiger partial charge in [0.25, 0.3) is 0 Å². The van der Waals surface area contributed by atoms with E-state index in [0.29, 0.717) is 4.47 Å². The van der Waals surface area contributed by atoms with E-state index < -0.39 is 17.3 Å². The van der Waals surface area contributed by atoms with Crippen LogP contribution < -0.4 is 11.4 Å². The van der Waals surface area contributed by atoms with Crippen LogP contribution in [-0.2, 0) is 0 Å². The van der Waals surface area contributed by atoms with Crippen LogP contribution in [0.4, 0.5) is 0 Å². The number of rotatable bonds is 2. The van der Waals surface area contributed by atoms with Crippen molar-refractivity contribution in [1.29, 1.82) is 0 Å². The molecule has 0 spiro atoms.